The Morgan fingerprint density at radius 2 is 1.66 bits per heavy atom. The van der Waals surface area contributed by atoms with E-state index in [2.05, 4.69) is 16.0 Å². The zero-order valence-electron chi connectivity index (χ0n) is 20.8. The smallest absolute Gasteiger partial charge is 0.258 e. The molecule has 1 amide bonds. The quantitative estimate of drug-likeness (QED) is 0.205. The molecule has 1 aliphatic carbocycles. The molecule has 8 heteroatoms. The first-order chi connectivity index (χ1) is 17.2. The van der Waals surface area contributed by atoms with Crippen LogP contribution < -0.4 is 25.4 Å². The molecule has 190 valence electrons. The van der Waals surface area contributed by atoms with Crippen molar-refractivity contribution >= 4 is 11.9 Å². The first-order valence-corrected chi connectivity index (χ1v) is 12.4. The second-order valence-electron chi connectivity index (χ2n) is 8.44. The Morgan fingerprint density at radius 3 is 2.34 bits per heavy atom. The fourth-order valence-electron chi connectivity index (χ4n) is 3.32. The molecular formula is C27H38N4O4. The number of carbonyl (C=O) groups excluding carboxylic acids is 1. The van der Waals surface area contributed by atoms with Crippen molar-refractivity contribution in [1.82, 2.24) is 16.0 Å². The molecule has 3 rings (SSSR count). The first-order valence-electron chi connectivity index (χ1n) is 12.4. The standard InChI is InChI=1S/C27H38N4O4/c1-3-34-18-4-16-28-27(30-19-22-7-11-24(33-2)12-8-22)29-17-15-21-5-13-25(14-6-21)35-20-26(32)31-23-9-10-23/h5-8,11-14,23H,3-4,9-10,15-20H2,1-2H3,(H,31,32)(H2,28,29,30). The van der Waals surface area contributed by atoms with Crippen LogP contribution in [0.4, 0.5) is 0 Å². The Hall–Kier alpha value is -3.26. The number of ether oxygens (including phenoxy) is 3. The van der Waals surface area contributed by atoms with E-state index in [0.29, 0.717) is 18.3 Å². The predicted molar refractivity (Wildman–Crippen MR) is 138 cm³/mol. The first kappa shape index (κ1) is 26.3. The molecule has 0 aliphatic heterocycles. The fourth-order valence-corrected chi connectivity index (χ4v) is 3.32. The van der Waals surface area contributed by atoms with E-state index in [0.717, 1.165) is 69.3 Å². The van der Waals surface area contributed by atoms with Gasteiger partial charge in [-0.3, -0.25) is 4.79 Å². The Balaban J connectivity index is 1.44. The van der Waals surface area contributed by atoms with Crippen molar-refractivity contribution < 1.29 is 19.0 Å². The minimum Gasteiger partial charge on any atom is -0.497 e. The van der Waals surface area contributed by atoms with Crippen LogP contribution in [0.25, 0.3) is 0 Å². The lowest BCUT2D eigenvalue weighted by molar-refractivity contribution is -0.123. The van der Waals surface area contributed by atoms with E-state index in [4.69, 9.17) is 19.2 Å². The monoisotopic (exact) mass is 482 g/mol. The molecule has 0 radical (unpaired) electrons. The lowest BCUT2D eigenvalue weighted by atomic mass is 10.1. The zero-order valence-corrected chi connectivity index (χ0v) is 20.8. The van der Waals surface area contributed by atoms with Gasteiger partial charge in [0.25, 0.3) is 5.91 Å². The van der Waals surface area contributed by atoms with E-state index >= 15 is 0 Å². The fraction of sp³-hybridized carbons (Fsp3) is 0.481. The Kier molecular flexibility index (Phi) is 11.2. The molecule has 3 N–H and O–H groups in total. The van der Waals surface area contributed by atoms with Crippen LogP contribution in [0, 0.1) is 0 Å². The molecule has 0 bridgehead atoms. The number of methoxy groups -OCH3 is 1. The molecule has 35 heavy (non-hydrogen) atoms. The summed E-state index contributed by atoms with van der Waals surface area (Å²) in [6, 6.07) is 16.2. The zero-order chi connectivity index (χ0) is 24.7. The Labute approximate surface area is 208 Å². The highest BCUT2D eigenvalue weighted by Crippen LogP contribution is 2.18. The molecule has 1 aliphatic rings. The molecule has 1 fully saturated rings. The second kappa shape index (κ2) is 14.9. The highest BCUT2D eigenvalue weighted by atomic mass is 16.5. The van der Waals surface area contributed by atoms with Gasteiger partial charge < -0.3 is 30.2 Å². The number of aliphatic imine (C=N–C) groups is 1. The third-order valence-electron chi connectivity index (χ3n) is 5.48. The minimum absolute atomic E-state index is 0.0559. The van der Waals surface area contributed by atoms with Gasteiger partial charge in [0.1, 0.15) is 11.5 Å². The van der Waals surface area contributed by atoms with E-state index in [9.17, 15) is 4.79 Å². The SMILES string of the molecule is CCOCCCNC(=NCc1ccc(OC)cc1)NCCc1ccc(OCC(=O)NC2CC2)cc1. The van der Waals surface area contributed by atoms with Crippen molar-refractivity contribution in [3.8, 4) is 11.5 Å². The summed E-state index contributed by atoms with van der Waals surface area (Å²) in [6.07, 6.45) is 3.90. The summed E-state index contributed by atoms with van der Waals surface area (Å²) in [6.45, 7) is 5.62. The van der Waals surface area contributed by atoms with Crippen LogP contribution in [0.5, 0.6) is 11.5 Å². The molecule has 0 spiro atoms. The number of nitrogens with one attached hydrogen (secondary N) is 3. The number of hydrogen-bond donors (Lipinski definition) is 3. The van der Waals surface area contributed by atoms with E-state index in [1.54, 1.807) is 7.11 Å². The molecule has 0 heterocycles. The maximum atomic E-state index is 11.8. The summed E-state index contributed by atoms with van der Waals surface area (Å²) in [4.78, 5) is 16.5. The summed E-state index contributed by atoms with van der Waals surface area (Å²) in [7, 11) is 1.66. The predicted octanol–water partition coefficient (Wildman–Crippen LogP) is 3.06. The summed E-state index contributed by atoms with van der Waals surface area (Å²) in [5, 5.41) is 9.73. The van der Waals surface area contributed by atoms with Crippen LogP contribution in [0.1, 0.15) is 37.3 Å². The molecule has 2 aromatic rings. The highest BCUT2D eigenvalue weighted by molar-refractivity contribution is 5.79. The summed E-state index contributed by atoms with van der Waals surface area (Å²) >= 11 is 0. The van der Waals surface area contributed by atoms with Gasteiger partial charge in [0.15, 0.2) is 12.6 Å². The summed E-state index contributed by atoms with van der Waals surface area (Å²) in [5.74, 6) is 2.25. The van der Waals surface area contributed by atoms with E-state index in [-0.39, 0.29) is 12.5 Å². The van der Waals surface area contributed by atoms with Gasteiger partial charge in [-0.2, -0.15) is 0 Å². The summed E-state index contributed by atoms with van der Waals surface area (Å²) in [5.41, 5.74) is 2.29. The van der Waals surface area contributed by atoms with Crippen LogP contribution in [0.2, 0.25) is 0 Å². The molecule has 2 aromatic carbocycles. The van der Waals surface area contributed by atoms with E-state index in [1.807, 2.05) is 55.5 Å². The number of benzene rings is 2. The van der Waals surface area contributed by atoms with E-state index < -0.39 is 0 Å². The van der Waals surface area contributed by atoms with Gasteiger partial charge in [-0.05, 0) is 68.0 Å². The molecule has 0 atom stereocenters. The molecule has 0 unspecified atom stereocenters. The van der Waals surface area contributed by atoms with Crippen molar-refractivity contribution in [2.45, 2.75) is 45.2 Å². The Bertz CT molecular complexity index is 912. The van der Waals surface area contributed by atoms with Gasteiger partial charge in [0, 0.05) is 32.3 Å². The van der Waals surface area contributed by atoms with Gasteiger partial charge in [0.2, 0.25) is 0 Å². The third kappa shape index (κ3) is 10.7. The van der Waals surface area contributed by atoms with Crippen LogP contribution in [-0.4, -0.2) is 57.9 Å². The lowest BCUT2D eigenvalue weighted by Gasteiger charge is -2.13. The van der Waals surface area contributed by atoms with Gasteiger partial charge in [-0.15, -0.1) is 0 Å². The average molecular weight is 483 g/mol. The maximum Gasteiger partial charge on any atom is 0.258 e. The van der Waals surface area contributed by atoms with Crippen molar-refractivity contribution in [3.05, 3.63) is 59.7 Å². The van der Waals surface area contributed by atoms with Crippen molar-refractivity contribution in [3.63, 3.8) is 0 Å². The molecule has 1 saturated carbocycles. The number of hydrogen-bond acceptors (Lipinski definition) is 5. The highest BCUT2D eigenvalue weighted by Gasteiger charge is 2.23. The number of rotatable bonds is 15. The second-order valence-corrected chi connectivity index (χ2v) is 8.44. The number of nitrogens with zero attached hydrogens (tertiary/aromatic N) is 1. The minimum atomic E-state index is -0.0593. The lowest BCUT2D eigenvalue weighted by Crippen LogP contribution is -2.39. The van der Waals surface area contributed by atoms with Gasteiger partial charge >= 0.3 is 0 Å². The van der Waals surface area contributed by atoms with Crippen molar-refractivity contribution in [2.24, 2.45) is 4.99 Å². The normalized spacial score (nSPS) is 13.3. The average Bonchev–Trinajstić information content (AvgIpc) is 3.70. The summed E-state index contributed by atoms with van der Waals surface area (Å²) < 4.78 is 16.2. The van der Waals surface area contributed by atoms with Gasteiger partial charge in [0.05, 0.1) is 13.7 Å². The van der Waals surface area contributed by atoms with E-state index in [1.165, 1.54) is 5.56 Å². The Morgan fingerprint density at radius 1 is 0.971 bits per heavy atom. The molecule has 0 saturated heterocycles. The van der Waals surface area contributed by atoms with Crippen LogP contribution in [0.3, 0.4) is 0 Å². The number of guanidine groups is 1. The van der Waals surface area contributed by atoms with Crippen LogP contribution in [0.15, 0.2) is 53.5 Å². The van der Waals surface area contributed by atoms with Crippen molar-refractivity contribution in [1.29, 1.82) is 0 Å². The van der Waals surface area contributed by atoms with Gasteiger partial charge in [-0.25, -0.2) is 4.99 Å². The maximum absolute atomic E-state index is 11.8. The number of carbonyl (C=O) groups is 1. The largest absolute Gasteiger partial charge is 0.497 e. The van der Waals surface area contributed by atoms with Gasteiger partial charge in [-0.1, -0.05) is 24.3 Å². The third-order valence-corrected chi connectivity index (χ3v) is 5.48. The molecular weight excluding hydrogens is 444 g/mol. The topological polar surface area (TPSA) is 93.2 Å². The van der Waals surface area contributed by atoms with Crippen molar-refractivity contribution in [2.75, 3.05) is 40.0 Å². The molecule has 0 aromatic heterocycles. The molecule has 8 nitrogen and oxygen atoms in total. The van der Waals surface area contributed by atoms with Crippen LogP contribution in [-0.2, 0) is 22.5 Å². The van der Waals surface area contributed by atoms with Crippen LogP contribution >= 0.6 is 0 Å². The number of amides is 1.